The van der Waals surface area contributed by atoms with E-state index in [1.165, 1.54) is 12.1 Å². The number of nitrogens with one attached hydrogen (secondary N) is 2. The zero-order valence-corrected chi connectivity index (χ0v) is 13.5. The van der Waals surface area contributed by atoms with Crippen LogP contribution in [0.2, 0.25) is 0 Å². The third kappa shape index (κ3) is 5.87. The largest absolute Gasteiger partial charge is 0.483 e. The molecule has 0 saturated carbocycles. The molecule has 1 aliphatic heterocycles. The molecule has 1 atom stereocenters. The maximum atomic E-state index is 13.4. The monoisotopic (exact) mass is 347 g/mol. The number of carbonyl (C=O) groups is 1. The zero-order chi connectivity index (χ0) is 18.1. The molecule has 0 radical (unpaired) electrons. The van der Waals surface area contributed by atoms with Crippen molar-refractivity contribution in [3.63, 3.8) is 0 Å². The molecule has 3 N–H and O–H groups in total. The second-order valence-corrected chi connectivity index (χ2v) is 5.35. The van der Waals surface area contributed by atoms with Crippen LogP contribution < -0.4 is 10.6 Å². The molecule has 25 heavy (non-hydrogen) atoms. The first-order valence-corrected chi connectivity index (χ1v) is 7.75. The van der Waals surface area contributed by atoms with Gasteiger partial charge in [0.15, 0.2) is 5.96 Å². The lowest BCUT2D eigenvalue weighted by molar-refractivity contribution is -0.122. The molecule has 2 aromatic rings. The van der Waals surface area contributed by atoms with Gasteiger partial charge in [-0.1, -0.05) is 30.3 Å². The first-order chi connectivity index (χ1) is 12.1. The number of aliphatic imine (C=N–C) groups is 1. The Bertz CT molecular complexity index is 703. The van der Waals surface area contributed by atoms with E-state index in [2.05, 4.69) is 15.6 Å². The van der Waals surface area contributed by atoms with Crippen molar-refractivity contribution in [2.75, 3.05) is 13.1 Å². The third-order valence-corrected chi connectivity index (χ3v) is 3.55. The van der Waals surface area contributed by atoms with E-state index in [1.807, 2.05) is 30.3 Å². The van der Waals surface area contributed by atoms with E-state index in [-0.39, 0.29) is 12.5 Å². The summed E-state index contributed by atoms with van der Waals surface area (Å²) in [5.74, 6) is -0.387. The van der Waals surface area contributed by atoms with E-state index in [0.717, 1.165) is 30.7 Å². The van der Waals surface area contributed by atoms with E-state index >= 15 is 0 Å². The molecule has 2 aromatic carbocycles. The van der Waals surface area contributed by atoms with Gasteiger partial charge in [-0.2, -0.15) is 0 Å². The second-order valence-electron chi connectivity index (χ2n) is 5.35. The minimum Gasteiger partial charge on any atom is -0.483 e. The molecule has 1 unspecified atom stereocenters. The average Bonchev–Trinajstić information content (AvgIpc) is 3.08. The van der Waals surface area contributed by atoms with Gasteiger partial charge in [0.25, 0.3) is 6.47 Å². The lowest BCUT2D eigenvalue weighted by Gasteiger charge is -2.20. The van der Waals surface area contributed by atoms with Gasteiger partial charge in [0.2, 0.25) is 0 Å². The van der Waals surface area contributed by atoms with Gasteiger partial charge in [0, 0.05) is 12.6 Å². The number of nitrogens with zero attached hydrogens (tertiary/aromatic N) is 1. The van der Waals surface area contributed by atoms with Crippen LogP contribution in [0, 0.1) is 11.6 Å². The molecular weight excluding hydrogens is 328 g/mol. The normalized spacial score (nSPS) is 13.8. The Kier molecular flexibility index (Phi) is 6.88. The zero-order valence-electron chi connectivity index (χ0n) is 13.5. The minimum absolute atomic E-state index is 0.105. The van der Waals surface area contributed by atoms with Crippen LogP contribution in [0.5, 0.6) is 0 Å². The summed E-state index contributed by atoms with van der Waals surface area (Å²) in [5.41, 5.74) is 1.65. The van der Waals surface area contributed by atoms with Gasteiger partial charge >= 0.3 is 0 Å². The Labute approximate surface area is 144 Å². The van der Waals surface area contributed by atoms with Gasteiger partial charge in [-0.05, 0) is 29.7 Å². The van der Waals surface area contributed by atoms with Gasteiger partial charge in [-0.25, -0.2) is 8.78 Å². The fourth-order valence-corrected chi connectivity index (χ4v) is 2.56. The highest BCUT2D eigenvalue weighted by Crippen LogP contribution is 2.20. The molecule has 0 bridgehead atoms. The van der Waals surface area contributed by atoms with Crippen LogP contribution in [0.25, 0.3) is 0 Å². The molecular formula is C18H19F2N3O2. The molecule has 3 rings (SSSR count). The average molecular weight is 347 g/mol. The van der Waals surface area contributed by atoms with E-state index in [4.69, 9.17) is 9.90 Å². The van der Waals surface area contributed by atoms with Crippen LogP contribution in [0.15, 0.2) is 53.5 Å². The van der Waals surface area contributed by atoms with Gasteiger partial charge in [0.1, 0.15) is 11.6 Å². The van der Waals surface area contributed by atoms with Crippen molar-refractivity contribution in [2.45, 2.75) is 12.5 Å². The van der Waals surface area contributed by atoms with E-state index in [9.17, 15) is 8.78 Å². The summed E-state index contributed by atoms with van der Waals surface area (Å²) in [7, 11) is 0. The van der Waals surface area contributed by atoms with Crippen LogP contribution in [0.4, 0.5) is 8.78 Å². The first-order valence-electron chi connectivity index (χ1n) is 7.75. The molecule has 0 spiro atoms. The third-order valence-electron chi connectivity index (χ3n) is 3.55. The van der Waals surface area contributed by atoms with Gasteiger partial charge in [0.05, 0.1) is 12.6 Å². The molecule has 1 aliphatic rings. The van der Waals surface area contributed by atoms with E-state index in [1.54, 1.807) is 0 Å². The maximum absolute atomic E-state index is 13.4. The minimum atomic E-state index is -0.557. The number of halogens is 2. The smallest absolute Gasteiger partial charge is 0.290 e. The van der Waals surface area contributed by atoms with Crippen molar-refractivity contribution in [3.8, 4) is 0 Å². The highest BCUT2D eigenvalue weighted by Gasteiger charge is 2.16. The molecule has 5 nitrogen and oxygen atoms in total. The van der Waals surface area contributed by atoms with Gasteiger partial charge in [-0.3, -0.25) is 9.79 Å². The number of carboxylic acid groups (broad SMARTS) is 1. The van der Waals surface area contributed by atoms with Crippen molar-refractivity contribution in [1.29, 1.82) is 0 Å². The Morgan fingerprint density at radius 2 is 1.84 bits per heavy atom. The highest BCUT2D eigenvalue weighted by molar-refractivity contribution is 5.81. The summed E-state index contributed by atoms with van der Waals surface area (Å²) in [6.07, 6.45) is 0.472. The summed E-state index contributed by atoms with van der Waals surface area (Å²) in [6, 6.07) is 13.3. The predicted molar refractivity (Wildman–Crippen MR) is 91.4 cm³/mol. The van der Waals surface area contributed by atoms with E-state index in [0.29, 0.717) is 12.0 Å². The van der Waals surface area contributed by atoms with E-state index < -0.39 is 11.6 Å². The Morgan fingerprint density at radius 1 is 1.20 bits per heavy atom. The van der Waals surface area contributed by atoms with Crippen LogP contribution in [-0.2, 0) is 11.2 Å². The lowest BCUT2D eigenvalue weighted by atomic mass is 9.99. The number of hydrogen-bond acceptors (Lipinski definition) is 4. The van der Waals surface area contributed by atoms with Crippen LogP contribution >= 0.6 is 0 Å². The van der Waals surface area contributed by atoms with Crippen LogP contribution in [0.1, 0.15) is 17.2 Å². The van der Waals surface area contributed by atoms with Crippen LogP contribution in [0.3, 0.4) is 0 Å². The van der Waals surface area contributed by atoms with Crippen molar-refractivity contribution >= 4 is 12.4 Å². The topological polar surface area (TPSA) is 73.7 Å². The fourth-order valence-electron chi connectivity index (χ4n) is 2.56. The second kappa shape index (κ2) is 9.36. The Morgan fingerprint density at radius 3 is 2.40 bits per heavy atom. The standard InChI is InChI=1S/C17H17F2N3.CH2O2/c18-14-8-12(9-15(19)11-14)10-16(13-4-2-1-3-5-13)22-17-20-6-7-21-17;2-1-3/h1-5,8-9,11,16H,6-7,10H2,(H2,20,21,22);1H,(H,2,3). The number of guanidine groups is 1. The highest BCUT2D eigenvalue weighted by atomic mass is 19.1. The molecule has 132 valence electrons. The molecule has 0 saturated heterocycles. The number of rotatable bonds is 4. The molecule has 1 heterocycles. The Balaban J connectivity index is 0.000000701. The lowest BCUT2D eigenvalue weighted by Crippen LogP contribution is -2.37. The molecule has 7 heteroatoms. The summed E-state index contributed by atoms with van der Waals surface area (Å²) in [6.45, 7) is 1.29. The molecule has 0 amide bonds. The molecule has 0 aliphatic carbocycles. The SMILES string of the molecule is Fc1cc(F)cc(CC(NC2=NCCN2)c2ccccc2)c1.O=CO. The summed E-state index contributed by atoms with van der Waals surface area (Å²) < 4.78 is 26.8. The summed E-state index contributed by atoms with van der Waals surface area (Å²) in [5, 5.41) is 13.4. The van der Waals surface area contributed by atoms with Crippen molar-refractivity contribution in [1.82, 2.24) is 10.6 Å². The number of benzene rings is 2. The summed E-state index contributed by atoms with van der Waals surface area (Å²) >= 11 is 0. The van der Waals surface area contributed by atoms with Gasteiger partial charge in [-0.15, -0.1) is 0 Å². The number of hydrogen-bond donors (Lipinski definition) is 3. The van der Waals surface area contributed by atoms with Crippen molar-refractivity contribution in [2.24, 2.45) is 4.99 Å². The van der Waals surface area contributed by atoms with Crippen LogP contribution in [-0.4, -0.2) is 30.6 Å². The molecule has 0 aromatic heterocycles. The maximum Gasteiger partial charge on any atom is 0.290 e. The molecule has 0 fully saturated rings. The Hall–Kier alpha value is -2.96. The quantitative estimate of drug-likeness (QED) is 0.743. The summed E-state index contributed by atoms with van der Waals surface area (Å²) in [4.78, 5) is 12.7. The first kappa shape index (κ1) is 18.4. The predicted octanol–water partition coefficient (Wildman–Crippen LogP) is 2.50. The fraction of sp³-hybridized carbons (Fsp3) is 0.222. The van der Waals surface area contributed by atoms with Gasteiger partial charge < -0.3 is 15.7 Å². The van der Waals surface area contributed by atoms with Crippen molar-refractivity contribution in [3.05, 3.63) is 71.3 Å². The van der Waals surface area contributed by atoms with Crippen molar-refractivity contribution < 1.29 is 18.7 Å².